The quantitative estimate of drug-likeness (QED) is 0.696. The van der Waals surface area contributed by atoms with Crippen molar-refractivity contribution in [3.05, 3.63) is 51.5 Å². The zero-order chi connectivity index (χ0) is 18.0. The summed E-state index contributed by atoms with van der Waals surface area (Å²) in [5.41, 5.74) is 2.23. The monoisotopic (exact) mass is 341 g/mol. The van der Waals surface area contributed by atoms with Crippen molar-refractivity contribution in [2.45, 2.75) is 26.7 Å². The van der Waals surface area contributed by atoms with Crippen LogP contribution in [0.3, 0.4) is 0 Å². The topological polar surface area (TPSA) is 97.2 Å². The van der Waals surface area contributed by atoms with E-state index in [0.29, 0.717) is 29.1 Å². The molecule has 2 heterocycles. The zero-order valence-electron chi connectivity index (χ0n) is 14.3. The fraction of sp³-hybridized carbons (Fsp3) is 0.278. The second-order valence-corrected chi connectivity index (χ2v) is 5.84. The third-order valence-electron chi connectivity index (χ3n) is 4.07. The van der Waals surface area contributed by atoms with Crippen LogP contribution in [0.25, 0.3) is 11.0 Å². The van der Waals surface area contributed by atoms with Gasteiger partial charge in [-0.25, -0.2) is 4.79 Å². The molecule has 0 aliphatic rings. The smallest absolute Gasteiger partial charge is 0.339 e. The highest BCUT2D eigenvalue weighted by atomic mass is 16.5. The highest BCUT2D eigenvalue weighted by molar-refractivity contribution is 5.90. The van der Waals surface area contributed by atoms with Gasteiger partial charge in [-0.2, -0.15) is 5.10 Å². The summed E-state index contributed by atoms with van der Waals surface area (Å²) in [6.45, 7) is 3.71. The Labute approximate surface area is 144 Å². The van der Waals surface area contributed by atoms with Crippen LogP contribution in [-0.4, -0.2) is 23.2 Å². The number of benzene rings is 1. The maximum atomic E-state index is 12.3. The number of hydrogen-bond acceptors (Lipinski definition) is 5. The van der Waals surface area contributed by atoms with Crippen LogP contribution in [0.1, 0.15) is 23.2 Å². The number of nitrogens with one attached hydrogen (secondary N) is 2. The summed E-state index contributed by atoms with van der Waals surface area (Å²) >= 11 is 0. The van der Waals surface area contributed by atoms with Crippen molar-refractivity contribution in [1.82, 2.24) is 10.2 Å². The lowest BCUT2D eigenvalue weighted by atomic mass is 10.0. The first-order valence-electron chi connectivity index (χ1n) is 7.90. The van der Waals surface area contributed by atoms with Gasteiger partial charge in [0.1, 0.15) is 11.3 Å². The summed E-state index contributed by atoms with van der Waals surface area (Å²) in [6, 6.07) is 7.08. The molecule has 0 fully saturated rings. The van der Waals surface area contributed by atoms with E-state index in [1.807, 2.05) is 26.0 Å². The van der Waals surface area contributed by atoms with Crippen molar-refractivity contribution in [1.29, 1.82) is 0 Å². The first-order valence-corrected chi connectivity index (χ1v) is 7.90. The van der Waals surface area contributed by atoms with Gasteiger partial charge in [-0.05, 0) is 38.0 Å². The average Bonchev–Trinajstić information content (AvgIpc) is 2.98. The Morgan fingerprint density at radius 1 is 1.32 bits per heavy atom. The molecule has 0 saturated heterocycles. The van der Waals surface area contributed by atoms with Gasteiger partial charge in [-0.3, -0.25) is 9.89 Å². The molecule has 7 heteroatoms. The van der Waals surface area contributed by atoms with Gasteiger partial charge in [0, 0.05) is 35.2 Å². The number of amides is 1. The number of hydrogen-bond donors (Lipinski definition) is 2. The molecular weight excluding hydrogens is 322 g/mol. The number of aromatic amines is 1. The average molecular weight is 341 g/mol. The number of ether oxygens (including phenoxy) is 1. The van der Waals surface area contributed by atoms with Crippen LogP contribution >= 0.6 is 0 Å². The molecule has 130 valence electrons. The van der Waals surface area contributed by atoms with Crippen molar-refractivity contribution < 1.29 is 13.9 Å². The molecule has 3 rings (SSSR count). The zero-order valence-corrected chi connectivity index (χ0v) is 14.3. The third-order valence-corrected chi connectivity index (χ3v) is 4.07. The van der Waals surface area contributed by atoms with Crippen molar-refractivity contribution in [3.63, 3.8) is 0 Å². The molecule has 0 aliphatic carbocycles. The number of methoxy groups -OCH3 is 1. The van der Waals surface area contributed by atoms with E-state index in [4.69, 9.17) is 9.15 Å². The lowest BCUT2D eigenvalue weighted by Gasteiger charge is -2.08. The van der Waals surface area contributed by atoms with Crippen molar-refractivity contribution in [2.24, 2.45) is 0 Å². The Morgan fingerprint density at radius 3 is 2.80 bits per heavy atom. The summed E-state index contributed by atoms with van der Waals surface area (Å²) in [6.07, 6.45) is 0.463. The van der Waals surface area contributed by atoms with E-state index in [0.717, 1.165) is 16.6 Å². The number of fused-ring (bicyclic) bond motifs is 1. The summed E-state index contributed by atoms with van der Waals surface area (Å²) in [7, 11) is 1.56. The highest BCUT2D eigenvalue weighted by Gasteiger charge is 2.14. The molecule has 7 nitrogen and oxygen atoms in total. The highest BCUT2D eigenvalue weighted by Crippen LogP contribution is 2.24. The van der Waals surface area contributed by atoms with Gasteiger partial charge in [-0.1, -0.05) is 0 Å². The van der Waals surface area contributed by atoms with E-state index in [1.54, 1.807) is 19.2 Å². The number of carbonyl (C=O) groups is 1. The molecule has 3 aromatic rings. The predicted octanol–water partition coefficient (Wildman–Crippen LogP) is 2.71. The van der Waals surface area contributed by atoms with Crippen LogP contribution in [0.15, 0.2) is 33.5 Å². The Bertz CT molecular complexity index is 988. The summed E-state index contributed by atoms with van der Waals surface area (Å²) in [5.74, 6) is 0.883. The fourth-order valence-corrected chi connectivity index (χ4v) is 2.72. The molecule has 1 amide bonds. The molecule has 0 aliphatic heterocycles. The maximum absolute atomic E-state index is 12.3. The molecule has 2 aromatic heterocycles. The van der Waals surface area contributed by atoms with E-state index in [-0.39, 0.29) is 12.3 Å². The second-order valence-electron chi connectivity index (χ2n) is 5.84. The normalized spacial score (nSPS) is 10.8. The van der Waals surface area contributed by atoms with Gasteiger partial charge in [-0.15, -0.1) is 0 Å². The molecular formula is C18H19N3O4. The molecule has 0 unspecified atom stereocenters. The molecule has 25 heavy (non-hydrogen) atoms. The van der Waals surface area contributed by atoms with Crippen LogP contribution in [0.5, 0.6) is 5.75 Å². The van der Waals surface area contributed by atoms with E-state index < -0.39 is 5.63 Å². The fourth-order valence-electron chi connectivity index (χ4n) is 2.72. The lowest BCUT2D eigenvalue weighted by Crippen LogP contribution is -2.16. The minimum Gasteiger partial charge on any atom is -0.497 e. The Kier molecular flexibility index (Phi) is 4.56. The van der Waals surface area contributed by atoms with Crippen LogP contribution < -0.4 is 15.7 Å². The number of H-pyrrole nitrogens is 1. The third kappa shape index (κ3) is 3.55. The van der Waals surface area contributed by atoms with Crippen LogP contribution in [0, 0.1) is 13.8 Å². The molecule has 0 saturated carbocycles. The van der Waals surface area contributed by atoms with E-state index in [1.165, 1.54) is 0 Å². The lowest BCUT2D eigenvalue weighted by molar-refractivity contribution is -0.116. The number of rotatable bonds is 5. The summed E-state index contributed by atoms with van der Waals surface area (Å²) in [5, 5.41) is 10.2. The van der Waals surface area contributed by atoms with Crippen LogP contribution in [0.4, 0.5) is 5.82 Å². The van der Waals surface area contributed by atoms with Crippen LogP contribution in [-0.2, 0) is 11.2 Å². The minimum absolute atomic E-state index is 0.166. The van der Waals surface area contributed by atoms with Crippen molar-refractivity contribution in [3.8, 4) is 5.75 Å². The Balaban J connectivity index is 1.79. The van der Waals surface area contributed by atoms with Crippen LogP contribution in [0.2, 0.25) is 0 Å². The molecule has 1 aromatic carbocycles. The first-order chi connectivity index (χ1) is 12.0. The Morgan fingerprint density at radius 2 is 2.12 bits per heavy atom. The SMILES string of the molecule is COc1ccc2c(C)c(CCC(=O)Nc3cc(C)[nH]n3)c(=O)oc2c1. The molecule has 2 N–H and O–H groups in total. The van der Waals surface area contributed by atoms with E-state index in [9.17, 15) is 9.59 Å². The van der Waals surface area contributed by atoms with Crippen molar-refractivity contribution >= 4 is 22.7 Å². The number of aromatic nitrogens is 2. The van der Waals surface area contributed by atoms with E-state index in [2.05, 4.69) is 15.5 Å². The number of aryl methyl sites for hydroxylation is 2. The van der Waals surface area contributed by atoms with Gasteiger partial charge >= 0.3 is 5.63 Å². The molecule has 0 atom stereocenters. The maximum Gasteiger partial charge on any atom is 0.339 e. The first kappa shape index (κ1) is 16.8. The minimum atomic E-state index is -0.429. The summed E-state index contributed by atoms with van der Waals surface area (Å²) in [4.78, 5) is 24.3. The number of carbonyl (C=O) groups excluding carboxylic acids is 1. The Hall–Kier alpha value is -3.09. The van der Waals surface area contributed by atoms with Gasteiger partial charge < -0.3 is 14.5 Å². The molecule has 0 radical (unpaired) electrons. The number of nitrogens with zero attached hydrogens (tertiary/aromatic N) is 1. The largest absolute Gasteiger partial charge is 0.497 e. The van der Waals surface area contributed by atoms with Crippen molar-refractivity contribution in [2.75, 3.05) is 12.4 Å². The van der Waals surface area contributed by atoms with Gasteiger partial charge in [0.2, 0.25) is 5.91 Å². The predicted molar refractivity (Wildman–Crippen MR) is 94.0 cm³/mol. The van der Waals surface area contributed by atoms with Gasteiger partial charge in [0.15, 0.2) is 5.82 Å². The van der Waals surface area contributed by atoms with E-state index >= 15 is 0 Å². The standard InChI is InChI=1S/C18H19N3O4/c1-10-8-16(21-20-10)19-17(22)7-6-14-11(2)13-5-4-12(24-3)9-15(13)25-18(14)23/h4-5,8-9H,6-7H2,1-3H3,(H2,19,20,21,22). The van der Waals surface area contributed by atoms with Gasteiger partial charge in [0.05, 0.1) is 7.11 Å². The number of anilines is 1. The van der Waals surface area contributed by atoms with Gasteiger partial charge in [0.25, 0.3) is 0 Å². The second kappa shape index (κ2) is 6.80. The summed E-state index contributed by atoms with van der Waals surface area (Å²) < 4.78 is 10.5. The molecule has 0 bridgehead atoms. The molecule has 0 spiro atoms.